The summed E-state index contributed by atoms with van der Waals surface area (Å²) in [5, 5.41) is 3.91. The molecule has 6 heteroatoms. The Labute approximate surface area is 94.8 Å². The van der Waals surface area contributed by atoms with E-state index in [-0.39, 0.29) is 5.11 Å². The van der Waals surface area contributed by atoms with E-state index < -0.39 is 0 Å². The Morgan fingerprint density at radius 1 is 1.69 bits per heavy atom. The van der Waals surface area contributed by atoms with E-state index in [0.717, 1.165) is 9.26 Å². The van der Waals surface area contributed by atoms with Crippen LogP contribution in [-0.2, 0) is 0 Å². The summed E-state index contributed by atoms with van der Waals surface area (Å²) < 4.78 is 1.08. The number of thiocarbonyl (C=S) groups is 1. The van der Waals surface area contributed by atoms with Crippen LogP contribution in [0.4, 0.5) is 0 Å². The summed E-state index contributed by atoms with van der Waals surface area (Å²) in [5.41, 5.74) is 8.36. The van der Waals surface area contributed by atoms with Gasteiger partial charge in [0.25, 0.3) is 0 Å². The maximum Gasteiger partial charge on any atom is 0.184 e. The lowest BCUT2D eigenvalue weighted by Crippen LogP contribution is -2.24. The first-order chi connectivity index (χ1) is 6.18. The van der Waals surface area contributed by atoms with Crippen LogP contribution in [0.1, 0.15) is 5.69 Å². The van der Waals surface area contributed by atoms with Crippen molar-refractivity contribution < 1.29 is 0 Å². The van der Waals surface area contributed by atoms with E-state index in [1.54, 1.807) is 12.4 Å². The summed E-state index contributed by atoms with van der Waals surface area (Å²) in [6.45, 7) is 0. The van der Waals surface area contributed by atoms with Crippen LogP contribution < -0.4 is 11.2 Å². The molecule has 0 fully saturated rings. The molecule has 13 heavy (non-hydrogen) atoms. The minimum Gasteiger partial charge on any atom is -0.375 e. The Hall–Kier alpha value is -0.760. The molecular weight excluding hydrogens is 299 g/mol. The van der Waals surface area contributed by atoms with Crippen LogP contribution in [0.25, 0.3) is 0 Å². The van der Waals surface area contributed by atoms with E-state index in [4.69, 9.17) is 5.73 Å². The van der Waals surface area contributed by atoms with Crippen LogP contribution in [0.15, 0.2) is 23.4 Å². The Morgan fingerprint density at radius 3 is 3.00 bits per heavy atom. The Bertz CT molecular complexity index is 322. The monoisotopic (exact) mass is 306 g/mol. The Balaban J connectivity index is 2.59. The third-order valence-electron chi connectivity index (χ3n) is 1.12. The number of hydrogen-bond donors (Lipinski definition) is 2. The molecule has 4 nitrogen and oxygen atoms in total. The van der Waals surface area contributed by atoms with Gasteiger partial charge in [0.2, 0.25) is 0 Å². The molecule has 0 spiro atoms. The van der Waals surface area contributed by atoms with Crippen molar-refractivity contribution in [3.05, 3.63) is 27.6 Å². The van der Waals surface area contributed by atoms with Gasteiger partial charge in [0.05, 0.1) is 11.9 Å². The van der Waals surface area contributed by atoms with Gasteiger partial charge in [0, 0.05) is 9.77 Å². The molecule has 0 aliphatic heterocycles. The van der Waals surface area contributed by atoms with Crippen LogP contribution in [0.5, 0.6) is 0 Å². The molecule has 1 aromatic heterocycles. The van der Waals surface area contributed by atoms with Gasteiger partial charge in [-0.2, -0.15) is 5.10 Å². The van der Waals surface area contributed by atoms with E-state index >= 15 is 0 Å². The van der Waals surface area contributed by atoms with Crippen molar-refractivity contribution in [1.82, 2.24) is 10.4 Å². The minimum atomic E-state index is 0.141. The maximum absolute atomic E-state index is 5.17. The lowest BCUT2D eigenvalue weighted by molar-refractivity contribution is 1.04. The molecule has 1 heterocycles. The van der Waals surface area contributed by atoms with Crippen LogP contribution in [0.3, 0.4) is 0 Å². The summed E-state index contributed by atoms with van der Waals surface area (Å²) >= 11 is 6.74. The van der Waals surface area contributed by atoms with Crippen molar-refractivity contribution in [3.63, 3.8) is 0 Å². The number of pyridine rings is 1. The largest absolute Gasteiger partial charge is 0.375 e. The first kappa shape index (κ1) is 10.3. The zero-order valence-electron chi connectivity index (χ0n) is 6.57. The van der Waals surface area contributed by atoms with Gasteiger partial charge in [0.1, 0.15) is 0 Å². The average molecular weight is 306 g/mol. The van der Waals surface area contributed by atoms with Crippen LogP contribution in [0, 0.1) is 3.57 Å². The number of nitrogens with one attached hydrogen (secondary N) is 1. The highest BCUT2D eigenvalue weighted by molar-refractivity contribution is 14.1. The van der Waals surface area contributed by atoms with Crippen molar-refractivity contribution in [3.8, 4) is 0 Å². The average Bonchev–Trinajstić information content (AvgIpc) is 2.08. The number of hydrazone groups is 1. The third kappa shape index (κ3) is 4.13. The second kappa shape index (κ2) is 5.07. The third-order valence-corrected chi connectivity index (χ3v) is 1.85. The molecule has 0 unspecified atom stereocenters. The predicted molar refractivity (Wildman–Crippen MR) is 64.5 cm³/mol. The molecular formula is C7H7IN4S. The number of nitrogens with two attached hydrogens (primary N) is 1. The van der Waals surface area contributed by atoms with E-state index in [0.29, 0.717) is 0 Å². The summed E-state index contributed by atoms with van der Waals surface area (Å²) in [5.74, 6) is 0. The molecule has 0 atom stereocenters. The number of aromatic nitrogens is 1. The molecule has 0 aromatic carbocycles. The fraction of sp³-hybridized carbons (Fsp3) is 0. The van der Waals surface area contributed by atoms with Gasteiger partial charge in [-0.1, -0.05) is 0 Å². The quantitative estimate of drug-likeness (QED) is 0.368. The highest BCUT2D eigenvalue weighted by atomic mass is 127. The van der Waals surface area contributed by atoms with Crippen molar-refractivity contribution >= 4 is 46.1 Å². The lowest BCUT2D eigenvalue weighted by atomic mass is 10.4. The molecule has 0 bridgehead atoms. The van der Waals surface area contributed by atoms with E-state index in [1.807, 2.05) is 12.1 Å². The summed E-state index contributed by atoms with van der Waals surface area (Å²) in [6.07, 6.45) is 3.30. The van der Waals surface area contributed by atoms with Crippen molar-refractivity contribution in [1.29, 1.82) is 0 Å². The van der Waals surface area contributed by atoms with E-state index in [9.17, 15) is 0 Å². The van der Waals surface area contributed by atoms with Crippen molar-refractivity contribution in [2.75, 3.05) is 0 Å². The Morgan fingerprint density at radius 2 is 2.46 bits per heavy atom. The van der Waals surface area contributed by atoms with E-state index in [2.05, 4.69) is 50.3 Å². The fourth-order valence-corrected chi connectivity index (χ4v) is 0.997. The highest BCUT2D eigenvalue weighted by Crippen LogP contribution is 2.01. The maximum atomic E-state index is 5.17. The van der Waals surface area contributed by atoms with Gasteiger partial charge in [-0.3, -0.25) is 10.4 Å². The normalized spacial score (nSPS) is 10.2. The molecule has 0 aliphatic rings. The summed E-state index contributed by atoms with van der Waals surface area (Å²) in [6, 6.07) is 3.79. The van der Waals surface area contributed by atoms with Gasteiger partial charge in [-0.15, -0.1) is 0 Å². The van der Waals surface area contributed by atoms with Crippen molar-refractivity contribution in [2.45, 2.75) is 0 Å². The SMILES string of the molecule is NC(=S)N/N=C/c1ccc(I)cn1. The molecule has 0 amide bonds. The van der Waals surface area contributed by atoms with Crippen LogP contribution in [0.2, 0.25) is 0 Å². The molecule has 0 saturated carbocycles. The second-order valence-electron chi connectivity index (χ2n) is 2.14. The second-order valence-corrected chi connectivity index (χ2v) is 3.82. The summed E-state index contributed by atoms with van der Waals surface area (Å²) in [4.78, 5) is 4.09. The zero-order valence-corrected chi connectivity index (χ0v) is 9.54. The van der Waals surface area contributed by atoms with Crippen molar-refractivity contribution in [2.24, 2.45) is 10.8 Å². The molecule has 0 aliphatic carbocycles. The first-order valence-electron chi connectivity index (χ1n) is 3.38. The van der Waals surface area contributed by atoms with Gasteiger partial charge >= 0.3 is 0 Å². The van der Waals surface area contributed by atoms with Gasteiger partial charge < -0.3 is 5.73 Å². The minimum absolute atomic E-state index is 0.141. The number of rotatable bonds is 2. The standard InChI is InChI=1S/C7H7IN4S/c8-5-1-2-6(10-3-5)4-11-12-7(9)13/h1-4H,(H3,9,12,13)/b11-4+. The number of halogens is 1. The first-order valence-corrected chi connectivity index (χ1v) is 4.87. The summed E-state index contributed by atoms with van der Waals surface area (Å²) in [7, 11) is 0. The topological polar surface area (TPSA) is 63.3 Å². The van der Waals surface area contributed by atoms with Gasteiger partial charge in [-0.05, 0) is 46.9 Å². The molecule has 0 radical (unpaired) electrons. The van der Waals surface area contributed by atoms with Gasteiger partial charge in [0.15, 0.2) is 5.11 Å². The van der Waals surface area contributed by atoms with Gasteiger partial charge in [-0.25, -0.2) is 0 Å². The molecule has 1 rings (SSSR count). The number of hydrogen-bond acceptors (Lipinski definition) is 3. The lowest BCUT2D eigenvalue weighted by Gasteiger charge is -1.94. The smallest absolute Gasteiger partial charge is 0.184 e. The van der Waals surface area contributed by atoms with Crippen LogP contribution >= 0.6 is 34.8 Å². The van der Waals surface area contributed by atoms with Crippen LogP contribution in [-0.4, -0.2) is 16.3 Å². The predicted octanol–water partition coefficient (Wildman–Crippen LogP) is 0.853. The Kier molecular flexibility index (Phi) is 4.03. The molecule has 68 valence electrons. The number of nitrogens with zero attached hydrogens (tertiary/aromatic N) is 2. The molecule has 1 aromatic rings. The van der Waals surface area contributed by atoms with E-state index in [1.165, 1.54) is 0 Å². The molecule has 0 saturated heterocycles. The molecule has 3 N–H and O–H groups in total. The highest BCUT2D eigenvalue weighted by Gasteiger charge is 1.88. The zero-order chi connectivity index (χ0) is 9.68. The fourth-order valence-electron chi connectivity index (χ4n) is 0.626.